The summed E-state index contributed by atoms with van der Waals surface area (Å²) in [5.74, 6) is -0.387. The van der Waals surface area contributed by atoms with Crippen LogP contribution < -0.4 is 10.2 Å². The molecule has 0 radical (unpaired) electrons. The molecule has 1 aromatic heterocycles. The molecule has 1 unspecified atom stereocenters. The van der Waals surface area contributed by atoms with Crippen LogP contribution in [0.1, 0.15) is 27.7 Å². The van der Waals surface area contributed by atoms with Crippen molar-refractivity contribution >= 4 is 16.9 Å². The van der Waals surface area contributed by atoms with Crippen molar-refractivity contribution in [3.63, 3.8) is 0 Å². The van der Waals surface area contributed by atoms with Crippen LogP contribution in [0.15, 0.2) is 51.7 Å². The van der Waals surface area contributed by atoms with Gasteiger partial charge in [-0.3, -0.25) is 9.59 Å². The Morgan fingerprint density at radius 3 is 2.68 bits per heavy atom. The first-order valence-electron chi connectivity index (χ1n) is 7.69. The van der Waals surface area contributed by atoms with Crippen LogP contribution in [-0.2, 0) is 0 Å². The van der Waals surface area contributed by atoms with Crippen LogP contribution in [0.5, 0.6) is 5.75 Å². The molecule has 2 aromatic carbocycles. The summed E-state index contributed by atoms with van der Waals surface area (Å²) < 4.78 is 24.6. The summed E-state index contributed by atoms with van der Waals surface area (Å²) in [5.41, 5.74) is 0.648. The number of amides is 1. The number of nitrogens with zero attached hydrogens (tertiary/aromatic N) is 1. The predicted octanol–water partition coefficient (Wildman–Crippen LogP) is 3.12. The number of para-hydroxylation sites is 1. The van der Waals surface area contributed by atoms with E-state index in [1.807, 2.05) is 0 Å². The first-order chi connectivity index (χ1) is 12.0. The monoisotopic (exact) mass is 339 g/mol. The Labute approximate surface area is 142 Å². The minimum absolute atomic E-state index is 0.0116. The summed E-state index contributed by atoms with van der Waals surface area (Å²) in [7, 11) is 3.12. The highest BCUT2D eigenvalue weighted by molar-refractivity contribution is 5.99. The highest BCUT2D eigenvalue weighted by Gasteiger charge is 2.41. The van der Waals surface area contributed by atoms with Crippen molar-refractivity contribution in [2.75, 3.05) is 14.2 Å². The number of methoxy groups -OCH3 is 1. The Hall–Kier alpha value is -3.15. The fraction of sp³-hybridized carbons (Fsp3) is 0.158. The van der Waals surface area contributed by atoms with E-state index in [1.54, 1.807) is 31.3 Å². The molecule has 3 aromatic rings. The fourth-order valence-electron chi connectivity index (χ4n) is 3.32. The summed E-state index contributed by atoms with van der Waals surface area (Å²) >= 11 is 0. The minimum atomic E-state index is -0.650. The molecule has 6 heteroatoms. The second-order valence-corrected chi connectivity index (χ2v) is 5.88. The zero-order valence-corrected chi connectivity index (χ0v) is 13.6. The van der Waals surface area contributed by atoms with Gasteiger partial charge < -0.3 is 14.1 Å². The van der Waals surface area contributed by atoms with Gasteiger partial charge in [-0.25, -0.2) is 4.39 Å². The first kappa shape index (κ1) is 15.4. The molecule has 1 aliphatic rings. The third-order valence-electron chi connectivity index (χ3n) is 4.50. The second-order valence-electron chi connectivity index (χ2n) is 5.88. The molecule has 0 spiro atoms. The van der Waals surface area contributed by atoms with Gasteiger partial charge in [0, 0.05) is 12.6 Å². The fourth-order valence-corrected chi connectivity index (χ4v) is 3.32. The maximum atomic E-state index is 13.6. The molecule has 5 nitrogen and oxygen atoms in total. The highest BCUT2D eigenvalue weighted by atomic mass is 19.1. The molecular formula is C19H14FNO4. The van der Waals surface area contributed by atoms with Gasteiger partial charge in [-0.2, -0.15) is 0 Å². The van der Waals surface area contributed by atoms with Crippen molar-refractivity contribution in [3.05, 3.63) is 75.4 Å². The summed E-state index contributed by atoms with van der Waals surface area (Å²) in [6, 6.07) is 10.2. The van der Waals surface area contributed by atoms with Gasteiger partial charge in [0.1, 0.15) is 17.1 Å². The van der Waals surface area contributed by atoms with E-state index < -0.39 is 23.2 Å². The second kappa shape index (κ2) is 5.44. The lowest BCUT2D eigenvalue weighted by Gasteiger charge is -2.22. The Morgan fingerprint density at radius 1 is 1.16 bits per heavy atom. The molecule has 1 atom stereocenters. The zero-order valence-electron chi connectivity index (χ0n) is 13.6. The van der Waals surface area contributed by atoms with Gasteiger partial charge in [-0.1, -0.05) is 18.2 Å². The zero-order chi connectivity index (χ0) is 17.7. The summed E-state index contributed by atoms with van der Waals surface area (Å²) in [5, 5.41) is 0.113. The van der Waals surface area contributed by atoms with Crippen molar-refractivity contribution in [2.45, 2.75) is 6.04 Å². The number of ether oxygens (including phenoxy) is 1. The molecule has 126 valence electrons. The SMILES string of the molecule is COc1ccccc1C1c2c(oc3ccc(F)cc3c2=O)C(=O)N1C. The summed E-state index contributed by atoms with van der Waals surface area (Å²) in [6.45, 7) is 0. The van der Waals surface area contributed by atoms with E-state index >= 15 is 0 Å². The lowest BCUT2D eigenvalue weighted by atomic mass is 9.98. The number of carbonyl (C=O) groups excluding carboxylic acids is 1. The quantitative estimate of drug-likeness (QED) is 0.720. The molecule has 1 amide bonds. The van der Waals surface area contributed by atoms with Crippen LogP contribution in [0.2, 0.25) is 0 Å². The standard InChI is InChI=1S/C19H14FNO4/c1-21-16(11-5-3-4-6-13(11)24-2)15-17(22)12-9-10(20)7-8-14(12)25-18(15)19(21)23/h3-9,16H,1-2H3. The lowest BCUT2D eigenvalue weighted by molar-refractivity contribution is 0.0770. The van der Waals surface area contributed by atoms with Crippen molar-refractivity contribution in [3.8, 4) is 5.75 Å². The molecule has 0 saturated heterocycles. The number of carbonyl (C=O) groups is 1. The number of rotatable bonds is 2. The molecule has 2 heterocycles. The Morgan fingerprint density at radius 2 is 1.92 bits per heavy atom. The third-order valence-corrected chi connectivity index (χ3v) is 4.50. The Balaban J connectivity index is 2.06. The number of halogens is 1. The van der Waals surface area contributed by atoms with E-state index in [-0.39, 0.29) is 22.3 Å². The number of hydrogen-bond acceptors (Lipinski definition) is 4. The van der Waals surface area contributed by atoms with Gasteiger partial charge in [0.2, 0.25) is 5.76 Å². The first-order valence-corrected chi connectivity index (χ1v) is 7.69. The van der Waals surface area contributed by atoms with Crippen molar-refractivity contribution in [1.82, 2.24) is 4.90 Å². The van der Waals surface area contributed by atoms with E-state index in [9.17, 15) is 14.0 Å². The molecule has 1 aliphatic heterocycles. The van der Waals surface area contributed by atoms with E-state index in [0.717, 1.165) is 6.07 Å². The van der Waals surface area contributed by atoms with Gasteiger partial charge in [0.15, 0.2) is 5.43 Å². The highest BCUT2D eigenvalue weighted by Crippen LogP contribution is 2.40. The van der Waals surface area contributed by atoms with Crippen LogP contribution in [0, 0.1) is 5.82 Å². The average Bonchev–Trinajstić information content (AvgIpc) is 2.87. The van der Waals surface area contributed by atoms with Crippen LogP contribution in [0.4, 0.5) is 4.39 Å². The van der Waals surface area contributed by atoms with E-state index in [4.69, 9.17) is 9.15 Å². The number of hydrogen-bond donors (Lipinski definition) is 0. The molecule has 0 fully saturated rings. The number of fused-ring (bicyclic) bond motifs is 2. The average molecular weight is 339 g/mol. The summed E-state index contributed by atoms with van der Waals surface area (Å²) in [4.78, 5) is 27.1. The Kier molecular flexibility index (Phi) is 3.35. The molecule has 25 heavy (non-hydrogen) atoms. The van der Waals surface area contributed by atoms with Gasteiger partial charge in [0.05, 0.1) is 24.1 Å². The van der Waals surface area contributed by atoms with E-state index in [2.05, 4.69) is 0 Å². The van der Waals surface area contributed by atoms with Gasteiger partial charge in [0.25, 0.3) is 5.91 Å². The normalized spacial score (nSPS) is 16.4. The molecule has 0 N–H and O–H groups in total. The smallest absolute Gasteiger partial charge is 0.290 e. The maximum Gasteiger partial charge on any atom is 0.290 e. The molecule has 0 bridgehead atoms. The molecular weight excluding hydrogens is 325 g/mol. The van der Waals surface area contributed by atoms with Crippen molar-refractivity contribution in [2.24, 2.45) is 0 Å². The van der Waals surface area contributed by atoms with Crippen LogP contribution in [0.3, 0.4) is 0 Å². The maximum absolute atomic E-state index is 13.6. The largest absolute Gasteiger partial charge is 0.496 e. The molecule has 4 rings (SSSR count). The number of benzene rings is 2. The van der Waals surface area contributed by atoms with Crippen molar-refractivity contribution < 1.29 is 18.3 Å². The lowest BCUT2D eigenvalue weighted by Crippen LogP contribution is -2.25. The third kappa shape index (κ3) is 2.14. The van der Waals surface area contributed by atoms with Crippen LogP contribution >= 0.6 is 0 Å². The van der Waals surface area contributed by atoms with Gasteiger partial charge >= 0.3 is 0 Å². The van der Waals surface area contributed by atoms with Gasteiger partial charge in [-0.05, 0) is 24.3 Å². The minimum Gasteiger partial charge on any atom is -0.496 e. The van der Waals surface area contributed by atoms with Crippen LogP contribution in [-0.4, -0.2) is 25.0 Å². The molecule has 0 aliphatic carbocycles. The predicted molar refractivity (Wildman–Crippen MR) is 89.4 cm³/mol. The molecule has 0 saturated carbocycles. The topological polar surface area (TPSA) is 59.8 Å². The van der Waals surface area contributed by atoms with Crippen molar-refractivity contribution in [1.29, 1.82) is 0 Å². The van der Waals surface area contributed by atoms with E-state index in [1.165, 1.54) is 24.1 Å². The van der Waals surface area contributed by atoms with Crippen LogP contribution in [0.25, 0.3) is 11.0 Å². The van der Waals surface area contributed by atoms with Gasteiger partial charge in [-0.15, -0.1) is 0 Å². The van der Waals surface area contributed by atoms with E-state index in [0.29, 0.717) is 11.3 Å². The Bertz CT molecular complexity index is 1070. The summed E-state index contributed by atoms with van der Waals surface area (Å²) in [6.07, 6.45) is 0.